The van der Waals surface area contributed by atoms with E-state index in [4.69, 9.17) is 9.15 Å². The second kappa shape index (κ2) is 6.81. The van der Waals surface area contributed by atoms with Gasteiger partial charge in [-0.05, 0) is 30.2 Å². The third-order valence-corrected chi connectivity index (χ3v) is 4.37. The summed E-state index contributed by atoms with van der Waals surface area (Å²) in [6.07, 6.45) is 3.96. The summed E-state index contributed by atoms with van der Waals surface area (Å²) in [5.74, 6) is 1.84. The second-order valence-electron chi connectivity index (χ2n) is 6.14. The van der Waals surface area contributed by atoms with Gasteiger partial charge in [0.15, 0.2) is 12.2 Å². The molecule has 0 fully saturated rings. The third kappa shape index (κ3) is 3.40. The lowest BCUT2D eigenvalue weighted by molar-refractivity contribution is 0.0939. The van der Waals surface area contributed by atoms with Gasteiger partial charge < -0.3 is 14.5 Å². The number of ether oxygens (including phenoxy) is 1. The first-order valence-corrected chi connectivity index (χ1v) is 8.27. The van der Waals surface area contributed by atoms with E-state index in [1.54, 1.807) is 18.3 Å². The first-order valence-electron chi connectivity index (χ1n) is 8.27. The number of aromatic nitrogens is 1. The van der Waals surface area contributed by atoms with Crippen LogP contribution in [0.5, 0.6) is 5.75 Å². The van der Waals surface area contributed by atoms with Gasteiger partial charge in [0.05, 0.1) is 12.8 Å². The fourth-order valence-electron chi connectivity index (χ4n) is 3.01. The second-order valence-corrected chi connectivity index (χ2v) is 6.14. The number of carbonyl (C=O) groups is 1. The highest BCUT2D eigenvalue weighted by molar-refractivity contribution is 5.94. The van der Waals surface area contributed by atoms with Crippen LogP contribution in [0.25, 0.3) is 11.3 Å². The lowest BCUT2D eigenvalue weighted by atomic mass is 9.96. The van der Waals surface area contributed by atoms with Crippen LogP contribution >= 0.6 is 0 Å². The summed E-state index contributed by atoms with van der Waals surface area (Å²) in [5, 5.41) is 3.00. The Morgan fingerprint density at radius 3 is 2.80 bits per heavy atom. The quantitative estimate of drug-likeness (QED) is 0.795. The van der Waals surface area contributed by atoms with Gasteiger partial charge in [0, 0.05) is 23.6 Å². The van der Waals surface area contributed by atoms with Crippen LogP contribution < -0.4 is 10.1 Å². The van der Waals surface area contributed by atoms with Crippen molar-refractivity contribution in [3.05, 3.63) is 72.2 Å². The molecule has 2 heterocycles. The van der Waals surface area contributed by atoms with Crippen LogP contribution in [0.2, 0.25) is 0 Å². The highest BCUT2D eigenvalue weighted by Gasteiger charge is 2.20. The molecule has 3 aromatic rings. The van der Waals surface area contributed by atoms with Crippen LogP contribution in [0.3, 0.4) is 0 Å². The molecule has 4 rings (SSSR count). The molecule has 1 aliphatic rings. The monoisotopic (exact) mass is 334 g/mol. The van der Waals surface area contributed by atoms with Gasteiger partial charge >= 0.3 is 0 Å². The summed E-state index contributed by atoms with van der Waals surface area (Å²) in [5.41, 5.74) is 2.72. The van der Waals surface area contributed by atoms with Crippen molar-refractivity contribution in [3.63, 3.8) is 0 Å². The molecule has 1 N–H and O–H groups in total. The van der Waals surface area contributed by atoms with Gasteiger partial charge in [0.25, 0.3) is 5.91 Å². The Hall–Kier alpha value is -3.08. The summed E-state index contributed by atoms with van der Waals surface area (Å²) in [6, 6.07) is 15.3. The molecule has 1 aliphatic heterocycles. The standard InChI is InChI=1S/C20H18N2O3/c23-20(16-7-5-15(6-8-16)19-11-21-13-25-19)22-10-14-9-17-3-1-2-4-18(17)24-12-14/h1-8,11,13-14H,9-10,12H2,(H,22,23)/t14-/m0/s1. The molecule has 0 unspecified atom stereocenters. The van der Waals surface area contributed by atoms with Gasteiger partial charge in [-0.2, -0.15) is 0 Å². The van der Waals surface area contributed by atoms with Crippen LogP contribution in [-0.4, -0.2) is 24.0 Å². The Morgan fingerprint density at radius 2 is 2.00 bits per heavy atom. The van der Waals surface area contributed by atoms with Gasteiger partial charge in [0.1, 0.15) is 5.75 Å². The molecule has 0 bridgehead atoms. The summed E-state index contributed by atoms with van der Waals surface area (Å²) in [4.78, 5) is 16.2. The Morgan fingerprint density at radius 1 is 1.16 bits per heavy atom. The van der Waals surface area contributed by atoms with Crippen LogP contribution in [0, 0.1) is 5.92 Å². The number of hydrogen-bond donors (Lipinski definition) is 1. The van der Waals surface area contributed by atoms with E-state index < -0.39 is 0 Å². The average Bonchev–Trinajstić information content (AvgIpc) is 3.21. The number of nitrogens with one attached hydrogen (secondary N) is 1. The number of amides is 1. The lowest BCUT2D eigenvalue weighted by Crippen LogP contribution is -2.34. The average molecular weight is 334 g/mol. The number of hydrogen-bond acceptors (Lipinski definition) is 4. The number of fused-ring (bicyclic) bond motifs is 1. The minimum absolute atomic E-state index is 0.0806. The van der Waals surface area contributed by atoms with Crippen molar-refractivity contribution in [1.82, 2.24) is 10.3 Å². The maximum atomic E-state index is 12.3. The van der Waals surface area contributed by atoms with Gasteiger partial charge in [-0.15, -0.1) is 0 Å². The molecule has 0 spiro atoms. The van der Waals surface area contributed by atoms with Crippen molar-refractivity contribution in [3.8, 4) is 17.1 Å². The number of benzene rings is 2. The fraction of sp³-hybridized carbons (Fsp3) is 0.200. The Bertz CT molecular complexity index is 857. The normalized spacial score (nSPS) is 15.9. The smallest absolute Gasteiger partial charge is 0.251 e. The molecule has 0 saturated heterocycles. The van der Waals surface area contributed by atoms with E-state index in [9.17, 15) is 4.79 Å². The SMILES string of the molecule is O=C(NC[C@H]1COc2ccccc2C1)c1ccc(-c2cnco2)cc1. The van der Waals surface area contributed by atoms with Gasteiger partial charge in [-0.3, -0.25) is 4.79 Å². The minimum atomic E-state index is -0.0806. The third-order valence-electron chi connectivity index (χ3n) is 4.37. The van der Waals surface area contributed by atoms with Crippen molar-refractivity contribution >= 4 is 5.91 Å². The van der Waals surface area contributed by atoms with Gasteiger partial charge in [-0.25, -0.2) is 4.98 Å². The van der Waals surface area contributed by atoms with Crippen molar-refractivity contribution < 1.29 is 13.9 Å². The highest BCUT2D eigenvalue weighted by atomic mass is 16.5. The van der Waals surface area contributed by atoms with Crippen LogP contribution in [0.1, 0.15) is 15.9 Å². The fourth-order valence-corrected chi connectivity index (χ4v) is 3.01. The predicted molar refractivity (Wildman–Crippen MR) is 93.4 cm³/mol. The summed E-state index contributed by atoms with van der Waals surface area (Å²) in [7, 11) is 0. The molecule has 1 atom stereocenters. The zero-order valence-corrected chi connectivity index (χ0v) is 13.6. The predicted octanol–water partition coefficient (Wildman–Crippen LogP) is 3.32. The molecular formula is C20H18N2O3. The Kier molecular flexibility index (Phi) is 4.21. The Labute approximate surface area is 145 Å². The van der Waals surface area contributed by atoms with E-state index in [1.165, 1.54) is 12.0 Å². The van der Waals surface area contributed by atoms with E-state index in [1.807, 2.05) is 30.3 Å². The molecule has 0 saturated carbocycles. The topological polar surface area (TPSA) is 64.4 Å². The molecule has 5 nitrogen and oxygen atoms in total. The van der Waals surface area contributed by atoms with E-state index in [-0.39, 0.29) is 11.8 Å². The highest BCUT2D eigenvalue weighted by Crippen LogP contribution is 2.26. The first-order chi connectivity index (χ1) is 12.3. The van der Waals surface area contributed by atoms with E-state index in [0.717, 1.165) is 17.7 Å². The number of nitrogens with zero attached hydrogens (tertiary/aromatic N) is 1. The molecule has 126 valence electrons. The van der Waals surface area contributed by atoms with Gasteiger partial charge in [0.2, 0.25) is 0 Å². The molecule has 1 aromatic heterocycles. The zero-order valence-electron chi connectivity index (χ0n) is 13.6. The van der Waals surface area contributed by atoms with Crippen LogP contribution in [0.15, 0.2) is 65.5 Å². The molecule has 1 amide bonds. The van der Waals surface area contributed by atoms with Crippen LogP contribution in [-0.2, 0) is 6.42 Å². The molecule has 0 radical (unpaired) electrons. The van der Waals surface area contributed by atoms with E-state index in [2.05, 4.69) is 16.4 Å². The maximum Gasteiger partial charge on any atom is 0.251 e. The number of para-hydroxylation sites is 1. The van der Waals surface area contributed by atoms with Crippen molar-refractivity contribution in [1.29, 1.82) is 0 Å². The molecular weight excluding hydrogens is 316 g/mol. The van der Waals surface area contributed by atoms with Crippen molar-refractivity contribution in [2.45, 2.75) is 6.42 Å². The zero-order chi connectivity index (χ0) is 17.1. The van der Waals surface area contributed by atoms with E-state index in [0.29, 0.717) is 24.5 Å². The summed E-state index contributed by atoms with van der Waals surface area (Å²) in [6.45, 7) is 1.22. The molecule has 5 heteroatoms. The first kappa shape index (κ1) is 15.4. The largest absolute Gasteiger partial charge is 0.493 e. The number of rotatable bonds is 4. The number of oxazole rings is 1. The van der Waals surface area contributed by atoms with Gasteiger partial charge in [-0.1, -0.05) is 30.3 Å². The molecule has 2 aromatic carbocycles. The summed E-state index contributed by atoms with van der Waals surface area (Å²) >= 11 is 0. The lowest BCUT2D eigenvalue weighted by Gasteiger charge is -2.25. The van der Waals surface area contributed by atoms with E-state index >= 15 is 0 Å². The number of carbonyl (C=O) groups excluding carboxylic acids is 1. The Balaban J connectivity index is 1.35. The van der Waals surface area contributed by atoms with Crippen molar-refractivity contribution in [2.75, 3.05) is 13.2 Å². The molecule has 25 heavy (non-hydrogen) atoms. The van der Waals surface area contributed by atoms with Crippen molar-refractivity contribution in [2.24, 2.45) is 5.92 Å². The minimum Gasteiger partial charge on any atom is -0.493 e. The van der Waals surface area contributed by atoms with Crippen LogP contribution in [0.4, 0.5) is 0 Å². The molecule has 0 aliphatic carbocycles. The maximum absolute atomic E-state index is 12.3. The summed E-state index contributed by atoms with van der Waals surface area (Å²) < 4.78 is 11.0.